The van der Waals surface area contributed by atoms with Gasteiger partial charge in [-0.25, -0.2) is 0 Å². The Balaban J connectivity index is 2.67. The third-order valence-corrected chi connectivity index (χ3v) is 4.61. The summed E-state index contributed by atoms with van der Waals surface area (Å²) in [6, 6.07) is 6.14. The van der Waals surface area contributed by atoms with Crippen molar-refractivity contribution in [1.82, 2.24) is 4.90 Å². The van der Waals surface area contributed by atoms with Crippen molar-refractivity contribution in [1.29, 1.82) is 0 Å². The van der Waals surface area contributed by atoms with E-state index in [4.69, 9.17) is 0 Å². The maximum absolute atomic E-state index is 9.65. The lowest BCUT2D eigenvalue weighted by Gasteiger charge is -2.26. The van der Waals surface area contributed by atoms with E-state index in [1.54, 1.807) is 6.92 Å². The first-order chi connectivity index (χ1) is 10.0. The number of hydrogen-bond donors (Lipinski definition) is 1. The van der Waals surface area contributed by atoms with Crippen LogP contribution in [-0.2, 0) is 0 Å². The number of aliphatic hydroxyl groups excluding tert-OH is 1. The zero-order valence-corrected chi connectivity index (χ0v) is 15.4. The van der Waals surface area contributed by atoms with Gasteiger partial charge < -0.3 is 14.9 Å². The van der Waals surface area contributed by atoms with Crippen LogP contribution in [0.3, 0.4) is 0 Å². The number of aliphatic hydroxyl groups is 1. The predicted molar refractivity (Wildman–Crippen MR) is 95.1 cm³/mol. The van der Waals surface area contributed by atoms with E-state index in [1.807, 2.05) is 12.1 Å². The molecule has 0 fully saturated rings. The van der Waals surface area contributed by atoms with Crippen LogP contribution in [-0.4, -0.2) is 42.7 Å². The average Bonchev–Trinajstić information content (AvgIpc) is 2.48. The van der Waals surface area contributed by atoms with Crippen molar-refractivity contribution in [3.05, 3.63) is 28.2 Å². The Labute approximate surface area is 138 Å². The fourth-order valence-corrected chi connectivity index (χ4v) is 3.16. The highest BCUT2D eigenvalue weighted by atomic mass is 79.9. The average molecular weight is 357 g/mol. The molecule has 0 spiro atoms. The molecule has 120 valence electrons. The lowest BCUT2D eigenvalue weighted by Crippen LogP contribution is -2.30. The second-order valence-corrected chi connectivity index (χ2v) is 6.20. The normalized spacial score (nSPS) is 12.7. The Morgan fingerprint density at radius 1 is 1.10 bits per heavy atom. The van der Waals surface area contributed by atoms with Gasteiger partial charge in [-0.15, -0.1) is 0 Å². The summed E-state index contributed by atoms with van der Waals surface area (Å²) in [5.74, 6) is 0. The molecule has 0 aromatic heterocycles. The van der Waals surface area contributed by atoms with Crippen molar-refractivity contribution in [3.63, 3.8) is 0 Å². The van der Waals surface area contributed by atoms with E-state index in [9.17, 15) is 5.11 Å². The van der Waals surface area contributed by atoms with Crippen molar-refractivity contribution in [2.45, 2.75) is 40.2 Å². The van der Waals surface area contributed by atoms with Crippen molar-refractivity contribution >= 4 is 21.6 Å². The van der Waals surface area contributed by atoms with Gasteiger partial charge >= 0.3 is 0 Å². The molecule has 0 amide bonds. The summed E-state index contributed by atoms with van der Waals surface area (Å²) in [7, 11) is 0. The number of rotatable bonds is 9. The number of nitrogens with zero attached hydrogens (tertiary/aromatic N) is 2. The molecular weight excluding hydrogens is 328 g/mol. The Bertz CT molecular complexity index is 419. The third-order valence-electron chi connectivity index (χ3n) is 3.97. The largest absolute Gasteiger partial charge is 0.389 e. The molecule has 3 nitrogen and oxygen atoms in total. The summed E-state index contributed by atoms with van der Waals surface area (Å²) in [6.07, 6.45) is 0.744. The fraction of sp³-hybridized carbons (Fsp3) is 0.647. The highest BCUT2D eigenvalue weighted by molar-refractivity contribution is 9.10. The summed E-state index contributed by atoms with van der Waals surface area (Å²) in [6.45, 7) is 13.8. The molecule has 0 heterocycles. The summed E-state index contributed by atoms with van der Waals surface area (Å²) in [5.41, 5.74) is 2.16. The van der Waals surface area contributed by atoms with Crippen LogP contribution in [0.25, 0.3) is 0 Å². The standard InChI is InChI=1S/C17H29BrN2O/c1-5-19(6-2)11-8-12-20(7-3)17-10-9-15(14(4)21)13-16(17)18/h9-10,13-14,21H,5-8,11-12H2,1-4H3/t14-/m0/s1. The summed E-state index contributed by atoms with van der Waals surface area (Å²) in [5, 5.41) is 9.65. The number of benzene rings is 1. The molecule has 0 saturated heterocycles. The van der Waals surface area contributed by atoms with Crippen LogP contribution >= 0.6 is 15.9 Å². The van der Waals surface area contributed by atoms with Crippen molar-refractivity contribution in [3.8, 4) is 0 Å². The van der Waals surface area contributed by atoms with E-state index in [1.165, 1.54) is 12.1 Å². The number of anilines is 1. The van der Waals surface area contributed by atoms with Crippen LogP contribution in [0.15, 0.2) is 22.7 Å². The monoisotopic (exact) mass is 356 g/mol. The minimum atomic E-state index is -0.423. The molecule has 21 heavy (non-hydrogen) atoms. The minimum Gasteiger partial charge on any atom is -0.389 e. The zero-order valence-electron chi connectivity index (χ0n) is 13.8. The molecule has 1 aromatic carbocycles. The van der Waals surface area contributed by atoms with Crippen LogP contribution in [0, 0.1) is 0 Å². The molecule has 1 rings (SSSR count). The van der Waals surface area contributed by atoms with Crippen LogP contribution < -0.4 is 4.90 Å². The zero-order chi connectivity index (χ0) is 15.8. The molecule has 0 bridgehead atoms. The second kappa shape index (κ2) is 9.44. The highest BCUT2D eigenvalue weighted by Gasteiger charge is 2.11. The van der Waals surface area contributed by atoms with E-state index < -0.39 is 6.10 Å². The Hall–Kier alpha value is -0.580. The molecular formula is C17H29BrN2O. The lowest BCUT2D eigenvalue weighted by molar-refractivity contribution is 0.199. The highest BCUT2D eigenvalue weighted by Crippen LogP contribution is 2.29. The van der Waals surface area contributed by atoms with E-state index >= 15 is 0 Å². The van der Waals surface area contributed by atoms with Crippen LogP contribution in [0.4, 0.5) is 5.69 Å². The number of halogens is 1. The first-order valence-electron chi connectivity index (χ1n) is 7.98. The van der Waals surface area contributed by atoms with Gasteiger partial charge in [0.2, 0.25) is 0 Å². The topological polar surface area (TPSA) is 26.7 Å². The molecule has 1 aromatic rings. The van der Waals surface area contributed by atoms with Gasteiger partial charge in [0.1, 0.15) is 0 Å². The smallest absolute Gasteiger partial charge is 0.0762 e. The minimum absolute atomic E-state index is 0.423. The second-order valence-electron chi connectivity index (χ2n) is 5.35. The Morgan fingerprint density at radius 2 is 1.76 bits per heavy atom. The van der Waals surface area contributed by atoms with Crippen molar-refractivity contribution < 1.29 is 5.11 Å². The third kappa shape index (κ3) is 5.61. The maximum atomic E-state index is 9.65. The van der Waals surface area contributed by atoms with Crippen molar-refractivity contribution in [2.75, 3.05) is 37.6 Å². The maximum Gasteiger partial charge on any atom is 0.0762 e. The lowest BCUT2D eigenvalue weighted by atomic mass is 10.1. The van der Waals surface area contributed by atoms with E-state index in [0.717, 1.165) is 42.8 Å². The van der Waals surface area contributed by atoms with Crippen LogP contribution in [0.5, 0.6) is 0 Å². The molecule has 0 aliphatic heterocycles. The molecule has 0 aliphatic carbocycles. The summed E-state index contributed by atoms with van der Waals surface area (Å²) >= 11 is 3.64. The van der Waals surface area contributed by atoms with Gasteiger partial charge in [0, 0.05) is 17.6 Å². The van der Waals surface area contributed by atoms with Gasteiger partial charge in [-0.05, 0) is 73.5 Å². The van der Waals surface area contributed by atoms with Gasteiger partial charge in [-0.3, -0.25) is 0 Å². The van der Waals surface area contributed by atoms with Gasteiger partial charge in [0.25, 0.3) is 0 Å². The van der Waals surface area contributed by atoms with Crippen LogP contribution in [0.1, 0.15) is 45.8 Å². The summed E-state index contributed by atoms with van der Waals surface area (Å²) in [4.78, 5) is 4.85. The van der Waals surface area contributed by atoms with Crippen LogP contribution in [0.2, 0.25) is 0 Å². The van der Waals surface area contributed by atoms with Gasteiger partial charge in [-0.1, -0.05) is 19.9 Å². The molecule has 0 unspecified atom stereocenters. The van der Waals surface area contributed by atoms with Gasteiger partial charge in [0.15, 0.2) is 0 Å². The Morgan fingerprint density at radius 3 is 2.24 bits per heavy atom. The SMILES string of the molecule is CCN(CC)CCCN(CC)c1ccc([C@H](C)O)cc1Br. The van der Waals surface area contributed by atoms with Gasteiger partial charge in [0.05, 0.1) is 11.8 Å². The van der Waals surface area contributed by atoms with Gasteiger partial charge in [-0.2, -0.15) is 0 Å². The molecule has 0 saturated carbocycles. The molecule has 1 N–H and O–H groups in total. The van der Waals surface area contributed by atoms with E-state index in [-0.39, 0.29) is 0 Å². The molecule has 0 radical (unpaired) electrons. The predicted octanol–water partition coefficient (Wildman–Crippen LogP) is 4.06. The molecule has 0 aliphatic rings. The molecule has 1 atom stereocenters. The number of hydrogen-bond acceptors (Lipinski definition) is 3. The van der Waals surface area contributed by atoms with Crippen molar-refractivity contribution in [2.24, 2.45) is 0 Å². The van der Waals surface area contributed by atoms with E-state index in [2.05, 4.69) is 52.6 Å². The first-order valence-corrected chi connectivity index (χ1v) is 8.77. The summed E-state index contributed by atoms with van der Waals surface area (Å²) < 4.78 is 1.06. The quantitative estimate of drug-likeness (QED) is 0.722. The first kappa shape index (κ1) is 18.5. The Kier molecular flexibility index (Phi) is 8.30. The molecule has 4 heteroatoms. The van der Waals surface area contributed by atoms with E-state index in [0.29, 0.717) is 0 Å². The fourth-order valence-electron chi connectivity index (χ4n) is 2.51.